The molecule has 4 amide bonds. The maximum Gasteiger partial charge on any atom is 0.326 e. The summed E-state index contributed by atoms with van der Waals surface area (Å²) in [6.45, 7) is 0.720. The molecular weight excluding hydrogens is 548 g/mol. The van der Waals surface area contributed by atoms with Crippen molar-refractivity contribution in [2.45, 2.75) is 88.1 Å². The van der Waals surface area contributed by atoms with E-state index in [0.29, 0.717) is 45.2 Å². The second-order valence-electron chi connectivity index (χ2n) is 10.5. The Hall–Kier alpha value is -3.75. The molecule has 1 aliphatic rings. The molecule has 1 saturated heterocycles. The Morgan fingerprint density at radius 3 is 2.36 bits per heavy atom. The lowest BCUT2D eigenvalue weighted by molar-refractivity contribution is -0.147. The number of carboxylic acids is 1. The van der Waals surface area contributed by atoms with Crippen LogP contribution in [0, 0.1) is 0 Å². The zero-order chi connectivity index (χ0) is 31.2. The zero-order valence-corrected chi connectivity index (χ0v) is 24.0. The van der Waals surface area contributed by atoms with Crippen LogP contribution in [0.15, 0.2) is 24.3 Å². The van der Waals surface area contributed by atoms with Crippen molar-refractivity contribution in [2.75, 3.05) is 20.2 Å². The summed E-state index contributed by atoms with van der Waals surface area (Å²) in [4.78, 5) is 64.1. The number of amides is 4. The van der Waals surface area contributed by atoms with E-state index >= 15 is 0 Å². The predicted molar refractivity (Wildman–Crippen MR) is 153 cm³/mol. The van der Waals surface area contributed by atoms with Gasteiger partial charge in [-0.05, 0) is 69.2 Å². The van der Waals surface area contributed by atoms with Gasteiger partial charge in [0.05, 0.1) is 18.2 Å². The van der Waals surface area contributed by atoms with Gasteiger partial charge >= 0.3 is 5.97 Å². The van der Waals surface area contributed by atoms with E-state index in [2.05, 4.69) is 10.6 Å². The number of nitrogens with two attached hydrogens (primary N) is 3. The summed E-state index contributed by atoms with van der Waals surface area (Å²) in [5, 5.41) is 24.1. The normalized spacial score (nSPS) is 18.9. The molecule has 5 atom stereocenters. The maximum atomic E-state index is 13.9. The number of likely N-dealkylation sites (tertiary alicyclic amines) is 1. The molecule has 1 aromatic rings. The first-order chi connectivity index (χ1) is 20.0. The number of carbonyl (C=O) groups excluding carboxylic acids is 4. The number of aromatic hydroxyl groups is 1. The first kappa shape index (κ1) is 34.5. The molecule has 0 aromatic heterocycles. The van der Waals surface area contributed by atoms with Crippen molar-refractivity contribution in [3.05, 3.63) is 29.8 Å². The lowest BCUT2D eigenvalue weighted by atomic mass is 9.93. The molecule has 1 fully saturated rings. The minimum atomic E-state index is -1.32. The molecule has 42 heavy (non-hydrogen) atoms. The molecule has 0 saturated carbocycles. The lowest BCUT2D eigenvalue weighted by Gasteiger charge is -2.42. The lowest BCUT2D eigenvalue weighted by Crippen LogP contribution is -2.60. The van der Waals surface area contributed by atoms with Gasteiger partial charge in [0.15, 0.2) is 0 Å². The fourth-order valence-electron chi connectivity index (χ4n) is 5.01. The number of aliphatic carboxylic acids is 1. The van der Waals surface area contributed by atoms with E-state index in [1.165, 1.54) is 24.1 Å². The molecular formula is C28H44N6O8. The molecule has 1 aliphatic heterocycles. The zero-order valence-electron chi connectivity index (χ0n) is 24.0. The number of carbonyl (C=O) groups is 5. The largest absolute Gasteiger partial charge is 0.508 e. The summed E-state index contributed by atoms with van der Waals surface area (Å²) < 4.78 is 5.60. The predicted octanol–water partition coefficient (Wildman–Crippen LogP) is -0.893. The quantitative estimate of drug-likeness (QED) is 0.110. The number of rotatable bonds is 17. The summed E-state index contributed by atoms with van der Waals surface area (Å²) in [5.41, 5.74) is 17.6. The third-order valence-corrected chi connectivity index (χ3v) is 7.30. The van der Waals surface area contributed by atoms with E-state index < -0.39 is 59.9 Å². The number of methoxy groups -OCH3 is 1. The number of unbranched alkanes of at least 4 members (excludes halogenated alkanes) is 1. The number of benzene rings is 1. The van der Waals surface area contributed by atoms with Gasteiger partial charge in [-0.1, -0.05) is 12.1 Å². The molecule has 10 N–H and O–H groups in total. The van der Waals surface area contributed by atoms with E-state index in [9.17, 15) is 34.2 Å². The molecule has 14 heteroatoms. The third kappa shape index (κ3) is 10.9. The van der Waals surface area contributed by atoms with Gasteiger partial charge in [0, 0.05) is 26.5 Å². The number of piperidine rings is 1. The van der Waals surface area contributed by atoms with Crippen LogP contribution < -0.4 is 27.8 Å². The molecule has 0 bridgehead atoms. The first-order valence-corrected chi connectivity index (χ1v) is 14.1. The van der Waals surface area contributed by atoms with E-state index in [-0.39, 0.29) is 31.4 Å². The van der Waals surface area contributed by atoms with Crippen LogP contribution >= 0.6 is 0 Å². The number of nitrogens with zero attached hydrogens (tertiary/aromatic N) is 1. The van der Waals surface area contributed by atoms with Gasteiger partial charge in [0.2, 0.25) is 23.6 Å². The number of hydrogen-bond acceptors (Lipinski definition) is 9. The summed E-state index contributed by atoms with van der Waals surface area (Å²) in [7, 11) is 1.47. The summed E-state index contributed by atoms with van der Waals surface area (Å²) in [6, 6.07) is 2.37. The van der Waals surface area contributed by atoms with E-state index in [1.54, 1.807) is 12.1 Å². The van der Waals surface area contributed by atoms with Crippen molar-refractivity contribution in [2.24, 2.45) is 17.2 Å². The van der Waals surface area contributed by atoms with E-state index in [4.69, 9.17) is 21.9 Å². The van der Waals surface area contributed by atoms with Crippen molar-refractivity contribution in [1.29, 1.82) is 0 Å². The highest BCUT2D eigenvalue weighted by atomic mass is 16.5. The van der Waals surface area contributed by atoms with E-state index in [0.717, 1.165) is 5.56 Å². The highest BCUT2D eigenvalue weighted by molar-refractivity contribution is 5.91. The van der Waals surface area contributed by atoms with Gasteiger partial charge in [0.1, 0.15) is 17.8 Å². The average Bonchev–Trinajstić information content (AvgIpc) is 2.95. The molecule has 2 rings (SSSR count). The van der Waals surface area contributed by atoms with Gasteiger partial charge in [0.25, 0.3) is 0 Å². The Kier molecular flexibility index (Phi) is 14.2. The number of hydrogen-bond donors (Lipinski definition) is 7. The van der Waals surface area contributed by atoms with E-state index in [1.807, 2.05) is 0 Å². The van der Waals surface area contributed by atoms with Crippen LogP contribution in [-0.2, 0) is 35.1 Å². The van der Waals surface area contributed by atoms with Crippen LogP contribution in [0.4, 0.5) is 0 Å². The average molecular weight is 593 g/mol. The van der Waals surface area contributed by atoms with Gasteiger partial charge in [-0.3, -0.25) is 19.2 Å². The molecule has 1 heterocycles. The van der Waals surface area contributed by atoms with Gasteiger partial charge in [-0.2, -0.15) is 0 Å². The summed E-state index contributed by atoms with van der Waals surface area (Å²) in [6.07, 6.45) is 1.73. The van der Waals surface area contributed by atoms with Gasteiger partial charge < -0.3 is 47.7 Å². The van der Waals surface area contributed by atoms with Crippen LogP contribution in [0.5, 0.6) is 5.75 Å². The number of carboxylic acid groups (broad SMARTS) is 1. The van der Waals surface area contributed by atoms with Crippen LogP contribution in [0.1, 0.15) is 56.9 Å². The Bertz CT molecular complexity index is 1070. The molecule has 0 unspecified atom stereocenters. The Labute approximate surface area is 245 Å². The number of phenols is 1. The highest BCUT2D eigenvalue weighted by Gasteiger charge is 2.39. The maximum absolute atomic E-state index is 13.9. The van der Waals surface area contributed by atoms with Crippen LogP contribution in [0.2, 0.25) is 0 Å². The first-order valence-electron chi connectivity index (χ1n) is 14.1. The molecule has 0 aliphatic carbocycles. The fraction of sp³-hybridized carbons (Fsp3) is 0.607. The molecule has 234 valence electrons. The van der Waals surface area contributed by atoms with Crippen LogP contribution in [0.25, 0.3) is 0 Å². The highest BCUT2D eigenvalue weighted by Crippen LogP contribution is 2.25. The van der Waals surface area contributed by atoms with Crippen molar-refractivity contribution in [3.8, 4) is 5.75 Å². The van der Waals surface area contributed by atoms with Gasteiger partial charge in [-0.15, -0.1) is 0 Å². The smallest absolute Gasteiger partial charge is 0.326 e. The fourth-order valence-corrected chi connectivity index (χ4v) is 5.01. The van der Waals surface area contributed by atoms with Crippen molar-refractivity contribution in [3.63, 3.8) is 0 Å². The van der Waals surface area contributed by atoms with Crippen molar-refractivity contribution < 1.29 is 38.9 Å². The number of phenolic OH excluding ortho intramolecular Hbond substituents is 1. The number of ether oxygens (including phenoxy) is 1. The van der Waals surface area contributed by atoms with Crippen LogP contribution in [0.3, 0.4) is 0 Å². The standard InChI is InChI=1S/C28H44N6O8/c1-42-23-6-4-14-34(22(23)16-25(37)32-21(28(40)41)11-12-24(31)36)27(39)20(5-2-3-13-29)33-26(38)19(30)15-17-7-9-18(35)10-8-17/h7-10,19-23,35H,2-6,11-16,29-30H2,1H3,(H2,31,36)(H,32,37)(H,33,38)(H,40,41)/t19-,20-,21-,22-,23-/m0/s1. The van der Waals surface area contributed by atoms with Gasteiger partial charge in [-0.25, -0.2) is 4.79 Å². The monoisotopic (exact) mass is 592 g/mol. The minimum Gasteiger partial charge on any atom is -0.508 e. The topological polar surface area (TPSA) is 240 Å². The summed E-state index contributed by atoms with van der Waals surface area (Å²) in [5.74, 6) is -3.47. The molecule has 1 aromatic carbocycles. The Morgan fingerprint density at radius 2 is 1.76 bits per heavy atom. The third-order valence-electron chi connectivity index (χ3n) is 7.30. The summed E-state index contributed by atoms with van der Waals surface area (Å²) >= 11 is 0. The number of primary amides is 1. The molecule has 0 radical (unpaired) electrons. The molecule has 14 nitrogen and oxygen atoms in total. The Morgan fingerprint density at radius 1 is 1.07 bits per heavy atom. The minimum absolute atomic E-state index is 0.0885. The van der Waals surface area contributed by atoms with Crippen LogP contribution in [-0.4, -0.2) is 95.2 Å². The number of nitrogens with one attached hydrogen (secondary N) is 2. The Balaban J connectivity index is 2.19. The van der Waals surface area contributed by atoms with Crippen molar-refractivity contribution in [1.82, 2.24) is 15.5 Å². The molecule has 0 spiro atoms. The second-order valence-corrected chi connectivity index (χ2v) is 10.5. The SMILES string of the molecule is CO[C@H]1CCCN(C(=O)[C@H](CCCCN)NC(=O)[C@@H](N)Cc2ccc(O)cc2)[C@H]1CC(=O)N[C@@H](CCC(N)=O)C(=O)O. The van der Waals surface area contributed by atoms with Crippen molar-refractivity contribution >= 4 is 29.6 Å². The second kappa shape index (κ2) is 17.3.